The lowest BCUT2D eigenvalue weighted by Crippen LogP contribution is -2.31. The van der Waals surface area contributed by atoms with Crippen LogP contribution in [0.4, 0.5) is 18.9 Å². The van der Waals surface area contributed by atoms with E-state index in [-0.39, 0.29) is 28.6 Å². The van der Waals surface area contributed by atoms with Gasteiger partial charge in [-0.3, -0.25) is 4.79 Å². The number of ether oxygens (including phenoxy) is 1. The topological polar surface area (TPSA) is 50.4 Å². The van der Waals surface area contributed by atoms with Crippen molar-refractivity contribution in [2.24, 2.45) is 0 Å². The molecule has 0 radical (unpaired) electrons. The quantitative estimate of drug-likeness (QED) is 0.805. The Morgan fingerprint density at radius 3 is 2.57 bits per heavy atom. The average Bonchev–Trinajstić information content (AvgIpc) is 2.30. The van der Waals surface area contributed by atoms with E-state index in [0.29, 0.717) is 12.2 Å². The van der Waals surface area contributed by atoms with Gasteiger partial charge in [-0.05, 0) is 48.0 Å². The first-order chi connectivity index (χ1) is 9.67. The maximum atomic E-state index is 12.1. The molecule has 0 saturated carbocycles. The van der Waals surface area contributed by atoms with Crippen molar-refractivity contribution >= 4 is 27.5 Å². The number of carbonyl (C=O) groups is 1. The van der Waals surface area contributed by atoms with Gasteiger partial charge in [0, 0.05) is 24.7 Å². The highest BCUT2D eigenvalue weighted by molar-refractivity contribution is 9.10. The number of amides is 1. The van der Waals surface area contributed by atoms with Gasteiger partial charge in [-0.25, -0.2) is 0 Å². The van der Waals surface area contributed by atoms with Crippen molar-refractivity contribution in [2.75, 3.05) is 11.9 Å². The van der Waals surface area contributed by atoms with Gasteiger partial charge in [-0.15, -0.1) is 13.2 Å². The van der Waals surface area contributed by atoms with Gasteiger partial charge in [0.25, 0.3) is 0 Å². The molecule has 0 aliphatic rings. The van der Waals surface area contributed by atoms with Crippen LogP contribution >= 0.6 is 15.9 Å². The summed E-state index contributed by atoms with van der Waals surface area (Å²) < 4.78 is 40.4. The average molecular weight is 369 g/mol. The van der Waals surface area contributed by atoms with Crippen molar-refractivity contribution in [3.63, 3.8) is 0 Å². The van der Waals surface area contributed by atoms with Crippen LogP contribution in [-0.4, -0.2) is 24.9 Å². The van der Waals surface area contributed by atoms with E-state index in [9.17, 15) is 18.0 Å². The van der Waals surface area contributed by atoms with Crippen LogP contribution in [0, 0.1) is 0 Å². The molecule has 0 atom stereocenters. The van der Waals surface area contributed by atoms with E-state index in [2.05, 4.69) is 31.3 Å². The minimum Gasteiger partial charge on any atom is -0.405 e. The Kier molecular flexibility index (Phi) is 6.32. The molecule has 0 spiro atoms. The summed E-state index contributed by atoms with van der Waals surface area (Å²) in [5, 5.41) is 5.69. The van der Waals surface area contributed by atoms with Gasteiger partial charge in [0.15, 0.2) is 0 Å². The molecule has 1 amide bonds. The molecular formula is C13H16BrF3N2O2. The summed E-state index contributed by atoms with van der Waals surface area (Å²) in [7, 11) is 0. The minimum absolute atomic E-state index is 0.0745. The molecule has 0 unspecified atom stereocenters. The number of carbonyl (C=O) groups excluding carboxylic acids is 1. The van der Waals surface area contributed by atoms with E-state index in [0.717, 1.165) is 0 Å². The van der Waals surface area contributed by atoms with Gasteiger partial charge in [0.2, 0.25) is 5.91 Å². The summed E-state index contributed by atoms with van der Waals surface area (Å²) in [6.07, 6.45) is -4.46. The third-order valence-electron chi connectivity index (χ3n) is 2.29. The molecule has 118 valence electrons. The third kappa shape index (κ3) is 7.22. The number of anilines is 1. The fourth-order valence-corrected chi connectivity index (χ4v) is 1.99. The molecule has 0 aliphatic heterocycles. The number of nitrogens with one attached hydrogen (secondary N) is 2. The first-order valence-electron chi connectivity index (χ1n) is 6.26. The van der Waals surface area contributed by atoms with E-state index < -0.39 is 6.36 Å². The zero-order valence-electron chi connectivity index (χ0n) is 11.6. The summed E-state index contributed by atoms with van der Waals surface area (Å²) in [4.78, 5) is 11.4. The molecule has 0 aliphatic carbocycles. The molecule has 0 saturated heterocycles. The molecule has 1 rings (SSSR count). The standard InChI is InChI=1S/C13H16BrF3N2O2/c1-8(2)19-12(20)5-6-18-9-3-4-11(10(14)7-9)21-13(15,16)17/h3-4,7-8,18H,5-6H2,1-2H3,(H,19,20). The second kappa shape index (κ2) is 7.53. The van der Waals surface area contributed by atoms with Gasteiger partial charge < -0.3 is 15.4 Å². The molecule has 0 aromatic heterocycles. The Morgan fingerprint density at radius 1 is 1.38 bits per heavy atom. The number of alkyl halides is 3. The summed E-state index contributed by atoms with van der Waals surface area (Å²) in [5.74, 6) is -0.404. The highest BCUT2D eigenvalue weighted by Gasteiger charge is 2.31. The molecule has 1 aromatic rings. The van der Waals surface area contributed by atoms with Gasteiger partial charge in [-0.1, -0.05) is 0 Å². The van der Waals surface area contributed by atoms with Gasteiger partial charge >= 0.3 is 6.36 Å². The Hall–Kier alpha value is -1.44. The summed E-state index contributed by atoms with van der Waals surface area (Å²) in [5.41, 5.74) is 0.591. The zero-order chi connectivity index (χ0) is 16.0. The van der Waals surface area contributed by atoms with Crippen LogP contribution in [0.15, 0.2) is 22.7 Å². The number of halogens is 4. The van der Waals surface area contributed by atoms with Crippen LogP contribution in [0.2, 0.25) is 0 Å². The van der Waals surface area contributed by atoms with Crippen LogP contribution < -0.4 is 15.4 Å². The fourth-order valence-electron chi connectivity index (χ4n) is 1.53. The summed E-state index contributed by atoms with van der Waals surface area (Å²) in [6, 6.07) is 4.19. The van der Waals surface area contributed by atoms with Gasteiger partial charge in [-0.2, -0.15) is 0 Å². The van der Waals surface area contributed by atoms with Gasteiger partial charge in [0.05, 0.1) is 4.47 Å². The Morgan fingerprint density at radius 2 is 2.05 bits per heavy atom. The van der Waals surface area contributed by atoms with Crippen LogP contribution in [0.1, 0.15) is 20.3 Å². The number of benzene rings is 1. The monoisotopic (exact) mass is 368 g/mol. The van der Waals surface area contributed by atoms with E-state index >= 15 is 0 Å². The van der Waals surface area contributed by atoms with E-state index in [1.54, 1.807) is 0 Å². The zero-order valence-corrected chi connectivity index (χ0v) is 13.1. The van der Waals surface area contributed by atoms with Crippen molar-refractivity contribution in [3.8, 4) is 5.75 Å². The molecule has 1 aromatic carbocycles. The largest absolute Gasteiger partial charge is 0.573 e. The van der Waals surface area contributed by atoms with E-state index in [1.807, 2.05) is 13.8 Å². The molecule has 8 heteroatoms. The highest BCUT2D eigenvalue weighted by Crippen LogP contribution is 2.32. The lowest BCUT2D eigenvalue weighted by atomic mass is 10.3. The maximum Gasteiger partial charge on any atom is 0.573 e. The maximum absolute atomic E-state index is 12.1. The van der Waals surface area contributed by atoms with E-state index in [1.165, 1.54) is 18.2 Å². The van der Waals surface area contributed by atoms with Crippen LogP contribution in [0.25, 0.3) is 0 Å². The van der Waals surface area contributed by atoms with E-state index in [4.69, 9.17) is 0 Å². The lowest BCUT2D eigenvalue weighted by molar-refractivity contribution is -0.274. The summed E-state index contributed by atoms with van der Waals surface area (Å²) >= 11 is 3.01. The molecular weight excluding hydrogens is 353 g/mol. The van der Waals surface area contributed by atoms with Crippen LogP contribution in [0.3, 0.4) is 0 Å². The van der Waals surface area contributed by atoms with Crippen LogP contribution in [-0.2, 0) is 4.79 Å². The first kappa shape index (κ1) is 17.6. The Labute approximate surface area is 129 Å². The van der Waals surface area contributed by atoms with Crippen molar-refractivity contribution in [3.05, 3.63) is 22.7 Å². The molecule has 0 bridgehead atoms. The molecule has 0 fully saturated rings. The van der Waals surface area contributed by atoms with Crippen molar-refractivity contribution in [1.82, 2.24) is 5.32 Å². The smallest absolute Gasteiger partial charge is 0.405 e. The normalized spacial score (nSPS) is 11.4. The third-order valence-corrected chi connectivity index (χ3v) is 2.91. The predicted molar refractivity (Wildman–Crippen MR) is 77.2 cm³/mol. The number of hydrogen-bond acceptors (Lipinski definition) is 3. The fraction of sp³-hybridized carbons (Fsp3) is 0.462. The number of rotatable bonds is 6. The first-order valence-corrected chi connectivity index (χ1v) is 7.05. The van der Waals surface area contributed by atoms with Crippen LogP contribution in [0.5, 0.6) is 5.75 Å². The van der Waals surface area contributed by atoms with Gasteiger partial charge in [0.1, 0.15) is 5.75 Å². The second-order valence-corrected chi connectivity index (χ2v) is 5.45. The second-order valence-electron chi connectivity index (χ2n) is 4.59. The minimum atomic E-state index is -4.73. The SMILES string of the molecule is CC(C)NC(=O)CCNc1ccc(OC(F)(F)F)c(Br)c1. The van der Waals surface area contributed by atoms with Crippen molar-refractivity contribution in [2.45, 2.75) is 32.7 Å². The highest BCUT2D eigenvalue weighted by atomic mass is 79.9. The van der Waals surface area contributed by atoms with Crippen molar-refractivity contribution in [1.29, 1.82) is 0 Å². The van der Waals surface area contributed by atoms with Crippen molar-refractivity contribution < 1.29 is 22.7 Å². The molecule has 21 heavy (non-hydrogen) atoms. The molecule has 2 N–H and O–H groups in total. The molecule has 0 heterocycles. The predicted octanol–water partition coefficient (Wildman–Crippen LogP) is 3.67. The Bertz CT molecular complexity index is 493. The summed E-state index contributed by atoms with van der Waals surface area (Å²) in [6.45, 7) is 4.11. The lowest BCUT2D eigenvalue weighted by Gasteiger charge is -2.13. The number of hydrogen-bond donors (Lipinski definition) is 2. The Balaban J connectivity index is 2.51. The molecule has 4 nitrogen and oxygen atoms in total.